The van der Waals surface area contributed by atoms with Gasteiger partial charge in [0.15, 0.2) is 0 Å². The van der Waals surface area contributed by atoms with E-state index in [1.165, 1.54) is 22.8 Å². The summed E-state index contributed by atoms with van der Waals surface area (Å²) in [6, 6.07) is 5.44. The Kier molecular flexibility index (Phi) is 3.71. The summed E-state index contributed by atoms with van der Waals surface area (Å²) in [5, 5.41) is 23.5. The van der Waals surface area contributed by atoms with Crippen molar-refractivity contribution < 1.29 is 10.0 Å². The summed E-state index contributed by atoms with van der Waals surface area (Å²) in [6.45, 7) is 1.65. The summed E-state index contributed by atoms with van der Waals surface area (Å²) in [5.74, 6) is 0. The molecule has 2 aromatic rings. The van der Waals surface area contributed by atoms with Crippen molar-refractivity contribution in [2.75, 3.05) is 11.9 Å². The van der Waals surface area contributed by atoms with E-state index in [9.17, 15) is 14.9 Å². The maximum atomic E-state index is 11.9. The summed E-state index contributed by atoms with van der Waals surface area (Å²) in [6.07, 6.45) is 0. The molecule has 0 bridgehead atoms. The molecule has 1 atom stereocenters. The highest BCUT2D eigenvalue weighted by Crippen LogP contribution is 2.26. The number of aromatic nitrogens is 1. The van der Waals surface area contributed by atoms with Gasteiger partial charge in [-0.2, -0.15) is 0 Å². The molecule has 2 rings (SSSR count). The molecule has 20 heavy (non-hydrogen) atoms. The Balaban J connectivity index is 2.71. The van der Waals surface area contributed by atoms with Crippen LogP contribution in [0, 0.1) is 10.1 Å². The first kappa shape index (κ1) is 14.0. The molecule has 106 valence electrons. The zero-order valence-electron chi connectivity index (χ0n) is 11.2. The Hall–Kier alpha value is -2.41. The van der Waals surface area contributed by atoms with Crippen molar-refractivity contribution in [1.82, 2.24) is 4.57 Å². The van der Waals surface area contributed by atoms with E-state index < -0.39 is 4.92 Å². The van der Waals surface area contributed by atoms with Gasteiger partial charge in [-0.15, -0.1) is 0 Å². The van der Waals surface area contributed by atoms with Crippen molar-refractivity contribution in [1.29, 1.82) is 0 Å². The van der Waals surface area contributed by atoms with E-state index in [0.717, 1.165) is 0 Å². The number of anilines is 1. The van der Waals surface area contributed by atoms with Crippen molar-refractivity contribution in [3.05, 3.63) is 44.7 Å². The van der Waals surface area contributed by atoms with Crippen LogP contribution in [0.2, 0.25) is 0 Å². The molecule has 0 aliphatic carbocycles. The zero-order chi connectivity index (χ0) is 14.9. The van der Waals surface area contributed by atoms with Crippen LogP contribution in [0.15, 0.2) is 29.1 Å². The molecule has 7 heteroatoms. The highest BCUT2D eigenvalue weighted by Gasteiger charge is 2.13. The fraction of sp³-hybridized carbons (Fsp3) is 0.308. The first-order valence-electron chi connectivity index (χ1n) is 6.09. The largest absolute Gasteiger partial charge is 0.394 e. The van der Waals surface area contributed by atoms with Gasteiger partial charge in [0.1, 0.15) is 0 Å². The normalized spacial score (nSPS) is 12.3. The Morgan fingerprint density at radius 3 is 2.75 bits per heavy atom. The predicted molar refractivity (Wildman–Crippen MR) is 76.0 cm³/mol. The maximum Gasteiger partial charge on any atom is 0.270 e. The summed E-state index contributed by atoms with van der Waals surface area (Å²) in [5.41, 5.74) is 0.805. The van der Waals surface area contributed by atoms with Crippen LogP contribution in [0.4, 0.5) is 11.4 Å². The number of nitro groups is 1. The van der Waals surface area contributed by atoms with E-state index in [-0.39, 0.29) is 23.9 Å². The fourth-order valence-electron chi connectivity index (χ4n) is 1.99. The lowest BCUT2D eigenvalue weighted by Crippen LogP contribution is -2.23. The average molecular weight is 277 g/mol. The molecule has 2 N–H and O–H groups in total. The van der Waals surface area contributed by atoms with E-state index in [1.54, 1.807) is 20.0 Å². The van der Waals surface area contributed by atoms with Gasteiger partial charge in [0.05, 0.1) is 17.0 Å². The van der Waals surface area contributed by atoms with Crippen LogP contribution in [0.5, 0.6) is 0 Å². The van der Waals surface area contributed by atoms with Gasteiger partial charge in [-0.3, -0.25) is 14.9 Å². The van der Waals surface area contributed by atoms with Crippen molar-refractivity contribution in [3.63, 3.8) is 0 Å². The minimum atomic E-state index is -0.482. The molecule has 1 heterocycles. The van der Waals surface area contributed by atoms with Gasteiger partial charge in [-0.25, -0.2) is 0 Å². The molecule has 0 amide bonds. The summed E-state index contributed by atoms with van der Waals surface area (Å²) < 4.78 is 1.42. The Bertz CT molecular complexity index is 723. The second kappa shape index (κ2) is 5.30. The molecule has 1 aromatic carbocycles. The van der Waals surface area contributed by atoms with E-state index in [4.69, 9.17) is 5.11 Å². The lowest BCUT2D eigenvalue weighted by Gasteiger charge is -2.15. The van der Waals surface area contributed by atoms with Crippen molar-refractivity contribution in [3.8, 4) is 0 Å². The molecule has 0 saturated heterocycles. The van der Waals surface area contributed by atoms with Gasteiger partial charge in [0, 0.05) is 42.4 Å². The van der Waals surface area contributed by atoms with E-state index >= 15 is 0 Å². The molecule has 0 unspecified atom stereocenters. The second-order valence-electron chi connectivity index (χ2n) is 4.64. The van der Waals surface area contributed by atoms with Crippen LogP contribution >= 0.6 is 0 Å². The van der Waals surface area contributed by atoms with Gasteiger partial charge in [0.2, 0.25) is 0 Å². The highest BCUT2D eigenvalue weighted by atomic mass is 16.6. The second-order valence-corrected chi connectivity index (χ2v) is 4.64. The van der Waals surface area contributed by atoms with Crippen molar-refractivity contribution in [2.45, 2.75) is 13.0 Å². The lowest BCUT2D eigenvalue weighted by atomic mass is 10.1. The van der Waals surface area contributed by atoms with E-state index in [1.807, 2.05) is 0 Å². The quantitative estimate of drug-likeness (QED) is 0.647. The number of pyridine rings is 1. The van der Waals surface area contributed by atoms with Crippen molar-refractivity contribution >= 4 is 22.3 Å². The lowest BCUT2D eigenvalue weighted by molar-refractivity contribution is -0.384. The molecule has 0 aliphatic rings. The monoisotopic (exact) mass is 277 g/mol. The molecule has 7 nitrogen and oxygen atoms in total. The van der Waals surface area contributed by atoms with Gasteiger partial charge < -0.3 is 15.0 Å². The van der Waals surface area contributed by atoms with E-state index in [2.05, 4.69) is 5.32 Å². The molecule has 0 aliphatic heterocycles. The third kappa shape index (κ3) is 2.48. The van der Waals surface area contributed by atoms with Gasteiger partial charge in [0.25, 0.3) is 11.2 Å². The number of benzene rings is 1. The number of fused-ring (bicyclic) bond motifs is 1. The molecule has 0 fully saturated rings. The maximum absolute atomic E-state index is 11.9. The number of nitrogens with one attached hydrogen (secondary N) is 1. The zero-order valence-corrected chi connectivity index (χ0v) is 11.2. The smallest absolute Gasteiger partial charge is 0.270 e. The SMILES string of the molecule is C[C@H](CO)Nc1cc(=O)n(C)c2ccc([N+](=O)[O-])cc12. The molecule has 0 radical (unpaired) electrons. The third-order valence-corrected chi connectivity index (χ3v) is 3.12. The van der Waals surface area contributed by atoms with Crippen LogP contribution in [0.3, 0.4) is 0 Å². The predicted octanol–water partition coefficient (Wildman–Crippen LogP) is 1.24. The summed E-state index contributed by atoms with van der Waals surface area (Å²) in [7, 11) is 1.61. The number of hydrogen-bond acceptors (Lipinski definition) is 5. The van der Waals surface area contributed by atoms with Crippen LogP contribution in [0.1, 0.15) is 6.92 Å². The van der Waals surface area contributed by atoms with Crippen LogP contribution < -0.4 is 10.9 Å². The summed E-state index contributed by atoms with van der Waals surface area (Å²) in [4.78, 5) is 22.2. The number of nitro benzene ring substituents is 1. The van der Waals surface area contributed by atoms with Crippen molar-refractivity contribution in [2.24, 2.45) is 7.05 Å². The Labute approximate surface area is 114 Å². The van der Waals surface area contributed by atoms with Crippen LogP contribution in [-0.4, -0.2) is 27.2 Å². The van der Waals surface area contributed by atoms with Gasteiger partial charge >= 0.3 is 0 Å². The Morgan fingerprint density at radius 1 is 1.45 bits per heavy atom. The van der Waals surface area contributed by atoms with Gasteiger partial charge in [-0.05, 0) is 13.0 Å². The Morgan fingerprint density at radius 2 is 2.15 bits per heavy atom. The number of non-ortho nitro benzene ring substituents is 1. The standard InChI is InChI=1S/C13H15N3O4/c1-8(7-17)14-11-6-13(18)15(2)12-4-3-9(16(19)20)5-10(11)12/h3-6,8,14,17H,7H2,1-2H3/t8-/m1/s1. The van der Waals surface area contributed by atoms with E-state index in [0.29, 0.717) is 16.6 Å². The minimum absolute atomic E-state index is 0.0455. The summed E-state index contributed by atoms with van der Waals surface area (Å²) >= 11 is 0. The highest BCUT2D eigenvalue weighted by molar-refractivity contribution is 5.93. The number of rotatable bonds is 4. The minimum Gasteiger partial charge on any atom is -0.394 e. The third-order valence-electron chi connectivity index (χ3n) is 3.12. The topological polar surface area (TPSA) is 97.4 Å². The molecule has 0 saturated carbocycles. The van der Waals surface area contributed by atoms with Crippen LogP contribution in [0.25, 0.3) is 10.9 Å². The molecule has 1 aromatic heterocycles. The number of aryl methyl sites for hydroxylation is 1. The number of nitrogens with zero attached hydrogens (tertiary/aromatic N) is 2. The fourth-order valence-corrected chi connectivity index (χ4v) is 1.99. The first-order valence-corrected chi connectivity index (χ1v) is 6.09. The number of aliphatic hydroxyl groups is 1. The number of hydrogen-bond donors (Lipinski definition) is 2. The van der Waals surface area contributed by atoms with Crippen LogP contribution in [-0.2, 0) is 7.05 Å². The molecular weight excluding hydrogens is 262 g/mol. The molecular formula is C13H15N3O4. The van der Waals surface area contributed by atoms with Gasteiger partial charge in [-0.1, -0.05) is 0 Å². The average Bonchev–Trinajstić information content (AvgIpc) is 2.43. The first-order chi connectivity index (χ1) is 9.43. The molecule has 0 spiro atoms. The number of aliphatic hydroxyl groups excluding tert-OH is 1.